The Morgan fingerprint density at radius 2 is 1.76 bits per heavy atom. The number of esters is 1. The summed E-state index contributed by atoms with van der Waals surface area (Å²) < 4.78 is 21.3. The SMILES string of the molecule is C=C(COCCCCOC(CCC)OCC)C(=O)OCC. The largest absolute Gasteiger partial charge is 0.463 e. The molecule has 0 aliphatic rings. The van der Waals surface area contributed by atoms with Crippen LogP contribution in [0.5, 0.6) is 0 Å². The molecule has 0 aromatic heterocycles. The summed E-state index contributed by atoms with van der Waals surface area (Å²) >= 11 is 0. The Labute approximate surface area is 128 Å². The van der Waals surface area contributed by atoms with Crippen LogP contribution in [-0.2, 0) is 23.7 Å². The molecule has 21 heavy (non-hydrogen) atoms. The molecule has 0 saturated heterocycles. The summed E-state index contributed by atoms with van der Waals surface area (Å²) in [5.74, 6) is -0.389. The Bertz CT molecular complexity index is 272. The lowest BCUT2D eigenvalue weighted by Crippen LogP contribution is -2.18. The van der Waals surface area contributed by atoms with Crippen LogP contribution in [0.1, 0.15) is 46.5 Å². The van der Waals surface area contributed by atoms with Gasteiger partial charge in [-0.3, -0.25) is 0 Å². The van der Waals surface area contributed by atoms with Crippen LogP contribution in [0, 0.1) is 0 Å². The standard InChI is InChI=1S/C16H30O5/c1-5-10-15(19-6-2)21-12-9-8-11-18-13-14(4)16(17)20-7-3/h15H,4-13H2,1-3H3. The molecule has 124 valence electrons. The molecule has 0 amide bonds. The van der Waals surface area contributed by atoms with E-state index < -0.39 is 0 Å². The predicted molar refractivity (Wildman–Crippen MR) is 82.1 cm³/mol. The van der Waals surface area contributed by atoms with E-state index in [1.165, 1.54) is 0 Å². The van der Waals surface area contributed by atoms with Crippen LogP contribution in [0.2, 0.25) is 0 Å². The molecular weight excluding hydrogens is 272 g/mol. The molecule has 0 aromatic rings. The normalized spacial score (nSPS) is 12.1. The van der Waals surface area contributed by atoms with E-state index in [0.29, 0.717) is 32.0 Å². The number of hydrogen-bond acceptors (Lipinski definition) is 5. The van der Waals surface area contributed by atoms with Crippen molar-refractivity contribution in [1.29, 1.82) is 0 Å². The maximum Gasteiger partial charge on any atom is 0.335 e. The third kappa shape index (κ3) is 11.4. The van der Waals surface area contributed by atoms with Gasteiger partial charge < -0.3 is 18.9 Å². The maximum atomic E-state index is 11.3. The zero-order valence-corrected chi connectivity index (χ0v) is 13.7. The Morgan fingerprint density at radius 3 is 2.38 bits per heavy atom. The molecule has 0 bridgehead atoms. The maximum absolute atomic E-state index is 11.3. The van der Waals surface area contributed by atoms with Crippen molar-refractivity contribution in [3.63, 3.8) is 0 Å². The van der Waals surface area contributed by atoms with Crippen molar-refractivity contribution in [2.45, 2.75) is 52.7 Å². The molecule has 5 nitrogen and oxygen atoms in total. The van der Waals surface area contributed by atoms with Crippen molar-refractivity contribution in [3.8, 4) is 0 Å². The molecule has 5 heteroatoms. The monoisotopic (exact) mass is 302 g/mol. The van der Waals surface area contributed by atoms with Gasteiger partial charge >= 0.3 is 5.97 Å². The number of carbonyl (C=O) groups excluding carboxylic acids is 1. The van der Waals surface area contributed by atoms with Gasteiger partial charge in [-0.15, -0.1) is 0 Å². The van der Waals surface area contributed by atoms with Crippen molar-refractivity contribution in [1.82, 2.24) is 0 Å². The van der Waals surface area contributed by atoms with Crippen LogP contribution in [0.25, 0.3) is 0 Å². The number of rotatable bonds is 14. The van der Waals surface area contributed by atoms with E-state index in [1.54, 1.807) is 6.92 Å². The van der Waals surface area contributed by atoms with Crippen LogP contribution in [0.3, 0.4) is 0 Å². The third-order valence-corrected chi connectivity index (χ3v) is 2.70. The van der Waals surface area contributed by atoms with Crippen LogP contribution in [0.4, 0.5) is 0 Å². The number of ether oxygens (including phenoxy) is 4. The van der Waals surface area contributed by atoms with E-state index in [2.05, 4.69) is 13.5 Å². The van der Waals surface area contributed by atoms with E-state index in [1.807, 2.05) is 6.92 Å². The summed E-state index contributed by atoms with van der Waals surface area (Å²) in [5.41, 5.74) is 0.354. The quantitative estimate of drug-likeness (QED) is 0.214. The Hall–Kier alpha value is -0.910. The highest BCUT2D eigenvalue weighted by molar-refractivity contribution is 5.87. The first-order valence-electron chi connectivity index (χ1n) is 7.81. The molecule has 0 spiro atoms. The van der Waals surface area contributed by atoms with Crippen LogP contribution in [0.15, 0.2) is 12.2 Å². The van der Waals surface area contributed by atoms with E-state index >= 15 is 0 Å². The molecule has 0 aromatic carbocycles. The fourth-order valence-corrected chi connectivity index (χ4v) is 1.64. The van der Waals surface area contributed by atoms with Gasteiger partial charge in [0.2, 0.25) is 0 Å². The minimum absolute atomic E-state index is 0.0930. The Morgan fingerprint density at radius 1 is 1.05 bits per heavy atom. The highest BCUT2D eigenvalue weighted by Gasteiger charge is 2.08. The fraction of sp³-hybridized carbons (Fsp3) is 0.812. The van der Waals surface area contributed by atoms with Gasteiger partial charge in [-0.25, -0.2) is 4.79 Å². The second kappa shape index (κ2) is 14.0. The summed E-state index contributed by atoms with van der Waals surface area (Å²) in [4.78, 5) is 11.3. The Balaban J connectivity index is 3.50. The predicted octanol–water partition coefficient (Wildman–Crippen LogP) is 3.08. The van der Waals surface area contributed by atoms with Gasteiger partial charge in [-0.2, -0.15) is 0 Å². The summed E-state index contributed by atoms with van der Waals surface area (Å²) in [6, 6.07) is 0. The number of unbranched alkanes of at least 4 members (excludes halogenated alkanes) is 1. The highest BCUT2D eigenvalue weighted by Crippen LogP contribution is 2.05. The average molecular weight is 302 g/mol. The van der Waals surface area contributed by atoms with Gasteiger partial charge in [0.25, 0.3) is 0 Å². The highest BCUT2D eigenvalue weighted by atomic mass is 16.7. The van der Waals surface area contributed by atoms with Crippen molar-refractivity contribution in [2.75, 3.05) is 33.0 Å². The number of carbonyl (C=O) groups is 1. The lowest BCUT2D eigenvalue weighted by molar-refractivity contribution is -0.144. The molecular formula is C16H30O5. The van der Waals surface area contributed by atoms with Crippen LogP contribution >= 0.6 is 0 Å². The van der Waals surface area contributed by atoms with Crippen LogP contribution < -0.4 is 0 Å². The topological polar surface area (TPSA) is 54.0 Å². The first-order chi connectivity index (χ1) is 10.2. The average Bonchev–Trinajstić information content (AvgIpc) is 2.46. The van der Waals surface area contributed by atoms with Gasteiger partial charge in [0.1, 0.15) is 0 Å². The molecule has 0 radical (unpaired) electrons. The van der Waals surface area contributed by atoms with E-state index in [9.17, 15) is 4.79 Å². The molecule has 0 aliphatic carbocycles. The second-order valence-electron chi connectivity index (χ2n) is 4.63. The van der Waals surface area contributed by atoms with Crippen molar-refractivity contribution in [3.05, 3.63) is 12.2 Å². The summed E-state index contributed by atoms with van der Waals surface area (Å²) in [6.07, 6.45) is 3.65. The van der Waals surface area contributed by atoms with E-state index in [-0.39, 0.29) is 18.9 Å². The second-order valence-corrected chi connectivity index (χ2v) is 4.63. The zero-order chi connectivity index (χ0) is 15.9. The first-order valence-corrected chi connectivity index (χ1v) is 7.81. The van der Waals surface area contributed by atoms with Gasteiger partial charge in [0.05, 0.1) is 18.8 Å². The molecule has 0 rings (SSSR count). The lowest BCUT2D eigenvalue weighted by atomic mass is 10.3. The molecule has 1 atom stereocenters. The van der Waals surface area contributed by atoms with Crippen LogP contribution in [-0.4, -0.2) is 45.3 Å². The Kier molecular flexibility index (Phi) is 13.4. The van der Waals surface area contributed by atoms with Gasteiger partial charge in [-0.05, 0) is 33.1 Å². The minimum Gasteiger partial charge on any atom is -0.463 e. The lowest BCUT2D eigenvalue weighted by Gasteiger charge is -2.16. The van der Waals surface area contributed by atoms with Crippen molar-refractivity contribution in [2.24, 2.45) is 0 Å². The van der Waals surface area contributed by atoms with Gasteiger partial charge in [-0.1, -0.05) is 19.9 Å². The molecule has 0 fully saturated rings. The summed E-state index contributed by atoms with van der Waals surface area (Å²) in [6.45, 7) is 12.0. The van der Waals surface area contributed by atoms with E-state index in [4.69, 9.17) is 18.9 Å². The summed E-state index contributed by atoms with van der Waals surface area (Å²) in [5, 5.41) is 0. The smallest absolute Gasteiger partial charge is 0.335 e. The van der Waals surface area contributed by atoms with Gasteiger partial charge in [0.15, 0.2) is 6.29 Å². The third-order valence-electron chi connectivity index (χ3n) is 2.70. The molecule has 0 N–H and O–H groups in total. The number of hydrogen-bond donors (Lipinski definition) is 0. The van der Waals surface area contributed by atoms with Crippen molar-refractivity contribution < 1.29 is 23.7 Å². The molecule has 0 saturated carbocycles. The summed E-state index contributed by atoms with van der Waals surface area (Å²) in [7, 11) is 0. The zero-order valence-electron chi connectivity index (χ0n) is 13.7. The molecule has 0 heterocycles. The first kappa shape index (κ1) is 20.1. The van der Waals surface area contributed by atoms with Crippen molar-refractivity contribution >= 4 is 5.97 Å². The van der Waals surface area contributed by atoms with E-state index in [0.717, 1.165) is 25.7 Å². The molecule has 0 aliphatic heterocycles. The fourth-order valence-electron chi connectivity index (χ4n) is 1.64. The molecule has 1 unspecified atom stereocenters. The van der Waals surface area contributed by atoms with Gasteiger partial charge in [0, 0.05) is 19.8 Å². The minimum atomic E-state index is -0.389.